The average Bonchev–Trinajstić information content (AvgIpc) is 2.63. The Kier molecular flexibility index (Phi) is 3.53. The predicted octanol–water partition coefficient (Wildman–Crippen LogP) is 5.86. The van der Waals surface area contributed by atoms with Crippen molar-refractivity contribution in [1.29, 1.82) is 0 Å². The molecule has 0 saturated carbocycles. The van der Waals surface area contributed by atoms with E-state index in [9.17, 15) is 4.39 Å². The first-order valence-electron chi connectivity index (χ1n) is 9.39. The second-order valence-electron chi connectivity index (χ2n) is 7.20. The van der Waals surface area contributed by atoms with Crippen molar-refractivity contribution in [2.75, 3.05) is 0 Å². The second kappa shape index (κ2) is 5.91. The van der Waals surface area contributed by atoms with Crippen molar-refractivity contribution >= 4 is 21.5 Å². The van der Waals surface area contributed by atoms with Gasteiger partial charge >= 0.3 is 0 Å². The van der Waals surface area contributed by atoms with E-state index in [-0.39, 0.29) is 5.82 Å². The Bertz CT molecular complexity index is 1240. The third-order valence-corrected chi connectivity index (χ3v) is 5.47. The molecule has 4 aromatic rings. The molecule has 0 N–H and O–H groups in total. The summed E-state index contributed by atoms with van der Waals surface area (Å²) in [6.07, 6.45) is 0. The van der Waals surface area contributed by atoms with E-state index in [1.165, 1.54) is 28.3 Å². The molecule has 0 bridgehead atoms. The molecule has 0 atom stereocenters. The zero-order chi connectivity index (χ0) is 19.5. The standard InChI is InChI=1S/C24H23FN/c1-14-11-15(2)17(4)21(12-14)24-20-10-9-19-18(7-6-8-23(19)25)22(20)13-16(3)26(24)5/h6-13H,1-5H3/q+1/i13D. The Balaban J connectivity index is 2.27. The maximum Gasteiger partial charge on any atom is 0.220 e. The first-order valence-corrected chi connectivity index (χ1v) is 8.89. The average molecular weight is 345 g/mol. The first-order chi connectivity index (χ1) is 12.8. The van der Waals surface area contributed by atoms with Gasteiger partial charge in [0.2, 0.25) is 5.69 Å². The molecular weight excluding hydrogens is 321 g/mol. The van der Waals surface area contributed by atoms with Crippen LogP contribution in [0.1, 0.15) is 23.8 Å². The highest BCUT2D eigenvalue weighted by molar-refractivity contribution is 6.11. The molecule has 0 spiro atoms. The van der Waals surface area contributed by atoms with Crippen molar-refractivity contribution in [3.8, 4) is 11.3 Å². The van der Waals surface area contributed by atoms with E-state index in [2.05, 4.69) is 37.5 Å². The minimum atomic E-state index is -0.246. The summed E-state index contributed by atoms with van der Waals surface area (Å²) >= 11 is 0. The lowest BCUT2D eigenvalue weighted by Gasteiger charge is -2.14. The molecular formula is C24H23FN+. The van der Waals surface area contributed by atoms with Gasteiger partial charge in [0.15, 0.2) is 5.69 Å². The van der Waals surface area contributed by atoms with Crippen LogP contribution in [0.3, 0.4) is 0 Å². The second-order valence-corrected chi connectivity index (χ2v) is 7.20. The Labute approximate surface area is 155 Å². The number of halogens is 1. The maximum absolute atomic E-state index is 14.4. The highest BCUT2D eigenvalue weighted by atomic mass is 19.1. The summed E-state index contributed by atoms with van der Waals surface area (Å²) in [7, 11) is 2.01. The number of pyridine rings is 1. The summed E-state index contributed by atoms with van der Waals surface area (Å²) < 4.78 is 25.2. The third-order valence-electron chi connectivity index (χ3n) is 5.47. The molecule has 2 heteroatoms. The van der Waals surface area contributed by atoms with Gasteiger partial charge in [-0.2, -0.15) is 4.57 Å². The van der Waals surface area contributed by atoms with E-state index < -0.39 is 0 Å². The van der Waals surface area contributed by atoms with Crippen LogP contribution < -0.4 is 4.57 Å². The number of rotatable bonds is 1. The molecule has 0 saturated heterocycles. The van der Waals surface area contributed by atoms with Gasteiger partial charge in [-0.05, 0) is 55.5 Å². The van der Waals surface area contributed by atoms with E-state index in [1.54, 1.807) is 6.07 Å². The predicted molar refractivity (Wildman–Crippen MR) is 107 cm³/mol. The van der Waals surface area contributed by atoms with Crippen LogP contribution in [0.15, 0.2) is 48.5 Å². The molecule has 0 aliphatic rings. The van der Waals surface area contributed by atoms with Crippen LogP contribution in [0.4, 0.5) is 4.39 Å². The number of fused-ring (bicyclic) bond motifs is 3. The molecule has 4 rings (SSSR count). The summed E-state index contributed by atoms with van der Waals surface area (Å²) in [5, 5.41) is 3.16. The van der Waals surface area contributed by atoms with E-state index in [1.807, 2.05) is 32.2 Å². The largest absolute Gasteiger partial charge is 0.220 e. The van der Waals surface area contributed by atoms with Gasteiger partial charge in [-0.25, -0.2) is 4.39 Å². The lowest BCUT2D eigenvalue weighted by Crippen LogP contribution is -2.35. The number of hydrogen-bond donors (Lipinski definition) is 0. The number of aromatic nitrogens is 1. The number of aryl methyl sites for hydroxylation is 2. The quantitative estimate of drug-likeness (QED) is 0.301. The normalized spacial score (nSPS) is 12.0. The zero-order valence-electron chi connectivity index (χ0n) is 16.9. The summed E-state index contributed by atoms with van der Waals surface area (Å²) in [6, 6.07) is 13.8. The fourth-order valence-electron chi connectivity index (χ4n) is 3.88. The van der Waals surface area contributed by atoms with Gasteiger partial charge in [-0.1, -0.05) is 29.8 Å². The van der Waals surface area contributed by atoms with Gasteiger partial charge in [-0.15, -0.1) is 0 Å². The van der Waals surface area contributed by atoms with Crippen LogP contribution in [-0.4, -0.2) is 0 Å². The molecule has 1 heterocycles. The highest BCUT2D eigenvalue weighted by Gasteiger charge is 2.22. The minimum Gasteiger partial charge on any atom is -0.206 e. The molecule has 0 fully saturated rings. The Morgan fingerprint density at radius 2 is 1.62 bits per heavy atom. The number of nitrogens with zero attached hydrogens (tertiary/aromatic N) is 1. The van der Waals surface area contributed by atoms with Crippen LogP contribution in [0.2, 0.25) is 0 Å². The Morgan fingerprint density at radius 1 is 0.885 bits per heavy atom. The molecule has 3 aromatic carbocycles. The smallest absolute Gasteiger partial charge is 0.206 e. The third kappa shape index (κ3) is 2.40. The number of benzene rings is 3. The monoisotopic (exact) mass is 345 g/mol. The molecule has 0 amide bonds. The van der Waals surface area contributed by atoms with Gasteiger partial charge in [0, 0.05) is 23.7 Å². The molecule has 0 radical (unpaired) electrons. The fraction of sp³-hybridized carbons (Fsp3) is 0.208. The van der Waals surface area contributed by atoms with Gasteiger partial charge < -0.3 is 0 Å². The van der Waals surface area contributed by atoms with Crippen molar-refractivity contribution in [3.63, 3.8) is 0 Å². The van der Waals surface area contributed by atoms with Gasteiger partial charge in [-0.3, -0.25) is 0 Å². The number of hydrogen-bond acceptors (Lipinski definition) is 0. The minimum absolute atomic E-state index is 0.246. The van der Waals surface area contributed by atoms with Crippen molar-refractivity contribution in [1.82, 2.24) is 0 Å². The van der Waals surface area contributed by atoms with Gasteiger partial charge in [0.05, 0.1) is 12.3 Å². The Morgan fingerprint density at radius 3 is 2.38 bits per heavy atom. The SMILES string of the molecule is [2H]c1c(C)[n+](C)c(-c2cc(C)cc(C)c2C)c2ccc3c(F)cccc3c12. The van der Waals surface area contributed by atoms with E-state index in [0.717, 1.165) is 27.5 Å². The van der Waals surface area contributed by atoms with Crippen molar-refractivity contribution < 1.29 is 10.3 Å². The molecule has 1 aromatic heterocycles. The summed E-state index contributed by atoms with van der Waals surface area (Å²) in [6.45, 7) is 8.33. The molecule has 1 nitrogen and oxygen atoms in total. The van der Waals surface area contributed by atoms with Crippen molar-refractivity contribution in [2.24, 2.45) is 7.05 Å². The maximum atomic E-state index is 14.4. The van der Waals surface area contributed by atoms with Crippen molar-refractivity contribution in [3.05, 3.63) is 76.7 Å². The van der Waals surface area contributed by atoms with Crippen LogP contribution in [0.5, 0.6) is 0 Å². The summed E-state index contributed by atoms with van der Waals surface area (Å²) in [5.74, 6) is -0.246. The van der Waals surface area contributed by atoms with Crippen LogP contribution >= 0.6 is 0 Å². The van der Waals surface area contributed by atoms with E-state index in [4.69, 9.17) is 1.37 Å². The molecule has 130 valence electrons. The van der Waals surface area contributed by atoms with Crippen LogP contribution in [0, 0.1) is 33.5 Å². The molecule has 0 aliphatic carbocycles. The van der Waals surface area contributed by atoms with E-state index in [0.29, 0.717) is 11.4 Å². The van der Waals surface area contributed by atoms with E-state index >= 15 is 0 Å². The summed E-state index contributed by atoms with van der Waals surface area (Å²) in [4.78, 5) is 0. The lowest BCUT2D eigenvalue weighted by atomic mass is 9.92. The van der Waals surface area contributed by atoms with Gasteiger partial charge in [0.25, 0.3) is 0 Å². The summed E-state index contributed by atoms with van der Waals surface area (Å²) in [5.41, 5.74) is 6.80. The van der Waals surface area contributed by atoms with Gasteiger partial charge in [0.1, 0.15) is 12.9 Å². The zero-order valence-corrected chi connectivity index (χ0v) is 15.9. The molecule has 26 heavy (non-hydrogen) atoms. The first kappa shape index (κ1) is 15.5. The highest BCUT2D eigenvalue weighted by Crippen LogP contribution is 2.34. The van der Waals surface area contributed by atoms with Crippen LogP contribution in [-0.2, 0) is 7.05 Å². The van der Waals surface area contributed by atoms with Crippen LogP contribution in [0.25, 0.3) is 32.8 Å². The topological polar surface area (TPSA) is 3.88 Å². The lowest BCUT2D eigenvalue weighted by molar-refractivity contribution is -0.665. The Hall–Kier alpha value is -2.74. The van der Waals surface area contributed by atoms with Crippen molar-refractivity contribution in [2.45, 2.75) is 27.7 Å². The molecule has 0 aliphatic heterocycles. The fourth-order valence-corrected chi connectivity index (χ4v) is 3.88. The molecule has 0 unspecified atom stereocenters.